The Balaban J connectivity index is 1.60. The first kappa shape index (κ1) is 25.2. The topological polar surface area (TPSA) is 71.4 Å². The van der Waals surface area contributed by atoms with Crippen LogP contribution in [0.25, 0.3) is 0 Å². The summed E-state index contributed by atoms with van der Waals surface area (Å²) in [5.74, 6) is 0.369. The van der Waals surface area contributed by atoms with Crippen LogP contribution in [0.4, 0.5) is 0 Å². The van der Waals surface area contributed by atoms with E-state index in [9.17, 15) is 19.5 Å². The van der Waals surface area contributed by atoms with Gasteiger partial charge in [-0.1, -0.05) is 60.0 Å². The lowest BCUT2D eigenvalue weighted by molar-refractivity contribution is -0.195. The summed E-state index contributed by atoms with van der Waals surface area (Å²) >= 11 is 0. The third-order valence-corrected chi connectivity index (χ3v) is 13.1. The van der Waals surface area contributed by atoms with Gasteiger partial charge in [0, 0.05) is 17.8 Å². The van der Waals surface area contributed by atoms with E-state index in [0.717, 1.165) is 32.0 Å². The average Bonchev–Trinajstić information content (AvgIpc) is 2.77. The molecule has 4 heteroatoms. The van der Waals surface area contributed by atoms with Crippen LogP contribution in [0.2, 0.25) is 0 Å². The number of aldehydes is 1. The minimum Gasteiger partial charge on any atom is -0.481 e. The number of rotatable bonds is 3. The van der Waals surface area contributed by atoms with Crippen LogP contribution in [0.5, 0.6) is 0 Å². The van der Waals surface area contributed by atoms with Crippen molar-refractivity contribution < 1.29 is 19.5 Å². The summed E-state index contributed by atoms with van der Waals surface area (Å²) in [7, 11) is 0. The van der Waals surface area contributed by atoms with Gasteiger partial charge in [-0.15, -0.1) is 0 Å². The highest BCUT2D eigenvalue weighted by molar-refractivity contribution is 5.95. The number of carbonyl (C=O) groups is 3. The lowest BCUT2D eigenvalue weighted by atomic mass is 9.33. The molecular formula is C31H46O4. The van der Waals surface area contributed by atoms with E-state index in [0.29, 0.717) is 29.5 Å². The van der Waals surface area contributed by atoms with Crippen LogP contribution in [0.15, 0.2) is 11.6 Å². The molecule has 0 spiro atoms. The Kier molecular flexibility index (Phi) is 5.60. The lowest BCUT2D eigenvalue weighted by Gasteiger charge is -2.70. The summed E-state index contributed by atoms with van der Waals surface area (Å²) in [4.78, 5) is 38.5. The molecule has 0 radical (unpaired) electrons. The van der Waals surface area contributed by atoms with Crippen molar-refractivity contribution >= 4 is 18.0 Å². The fourth-order valence-electron chi connectivity index (χ4n) is 11.1. The van der Waals surface area contributed by atoms with Crippen LogP contribution in [0.3, 0.4) is 0 Å². The maximum atomic E-state index is 14.3. The molecule has 0 bridgehead atoms. The molecule has 35 heavy (non-hydrogen) atoms. The van der Waals surface area contributed by atoms with Crippen molar-refractivity contribution in [2.45, 2.75) is 106 Å². The normalized spacial score (nSPS) is 53.4. The molecule has 0 aromatic rings. The van der Waals surface area contributed by atoms with Crippen molar-refractivity contribution in [2.75, 3.05) is 0 Å². The first-order valence-electron chi connectivity index (χ1n) is 14.2. The molecule has 4 saturated carbocycles. The largest absolute Gasteiger partial charge is 0.481 e. The molecule has 0 heterocycles. The zero-order valence-electron chi connectivity index (χ0n) is 22.8. The Morgan fingerprint density at radius 1 is 1.03 bits per heavy atom. The summed E-state index contributed by atoms with van der Waals surface area (Å²) < 4.78 is 0. The molecule has 0 aromatic carbocycles. The van der Waals surface area contributed by atoms with E-state index in [-0.39, 0.29) is 40.4 Å². The van der Waals surface area contributed by atoms with Gasteiger partial charge in [-0.2, -0.15) is 0 Å². The first-order chi connectivity index (χ1) is 16.3. The molecule has 5 rings (SSSR count). The van der Waals surface area contributed by atoms with Crippen LogP contribution < -0.4 is 0 Å². The van der Waals surface area contributed by atoms with Crippen molar-refractivity contribution in [3.63, 3.8) is 0 Å². The van der Waals surface area contributed by atoms with Crippen molar-refractivity contribution in [3.8, 4) is 0 Å². The second-order valence-corrected chi connectivity index (χ2v) is 14.6. The zero-order valence-corrected chi connectivity index (χ0v) is 22.8. The maximum Gasteiger partial charge on any atom is 0.303 e. The number of aliphatic carboxylic acids is 1. The molecule has 10 atom stereocenters. The van der Waals surface area contributed by atoms with Crippen molar-refractivity contribution in [2.24, 2.45) is 56.7 Å². The summed E-state index contributed by atoms with van der Waals surface area (Å²) in [6.07, 6.45) is 12.8. The number of carboxylic acids is 1. The Morgan fingerprint density at radius 2 is 1.74 bits per heavy atom. The fraction of sp³-hybridized carbons (Fsp3) is 0.839. The fourth-order valence-corrected chi connectivity index (χ4v) is 11.1. The number of hydrogen-bond acceptors (Lipinski definition) is 3. The van der Waals surface area contributed by atoms with Crippen molar-refractivity contribution in [3.05, 3.63) is 11.6 Å². The highest BCUT2D eigenvalue weighted by Crippen LogP contribution is 2.75. The molecule has 5 aliphatic rings. The third kappa shape index (κ3) is 3.13. The zero-order chi connectivity index (χ0) is 25.6. The molecule has 3 unspecified atom stereocenters. The van der Waals surface area contributed by atoms with Gasteiger partial charge < -0.3 is 9.90 Å². The maximum absolute atomic E-state index is 14.3. The predicted octanol–water partition coefficient (Wildman–Crippen LogP) is 6.87. The standard InChI is InChI=1S/C31H46O4/c1-19-8-7-11-27(2)14-15-30(5)21(25(19)27)17-22(33)26-28(3)12-9-20(16-24(34)35)29(4,18-32)23(28)10-13-31(26,30)6/h17-20,23,25-26H,7-16H2,1-6H3,(H,34,35)/t19-,20-,23?,25?,26?,27+,28-,29-,30+,31+/m0/s1. The van der Waals surface area contributed by atoms with E-state index >= 15 is 0 Å². The van der Waals surface area contributed by atoms with E-state index in [1.54, 1.807) is 0 Å². The Morgan fingerprint density at radius 3 is 2.40 bits per heavy atom. The first-order valence-corrected chi connectivity index (χ1v) is 14.2. The molecule has 0 aromatic heterocycles. The van der Waals surface area contributed by atoms with Gasteiger partial charge in [0.2, 0.25) is 0 Å². The Bertz CT molecular complexity index is 982. The Labute approximate surface area is 211 Å². The number of ketones is 1. The minimum atomic E-state index is -0.826. The SMILES string of the molecule is C[C@H]1CCC[C@]2(C)CC[C@]3(C)C(=CC(=O)C4[C@@]5(C)CC[C@@H](CC(=O)O)[C@](C)(C=O)C5CC[C@]43C)C12. The lowest BCUT2D eigenvalue weighted by Crippen LogP contribution is -2.66. The molecule has 194 valence electrons. The van der Waals surface area contributed by atoms with Gasteiger partial charge in [0.05, 0.1) is 0 Å². The van der Waals surface area contributed by atoms with Crippen LogP contribution in [-0.2, 0) is 14.4 Å². The van der Waals surface area contributed by atoms with Gasteiger partial charge >= 0.3 is 5.97 Å². The average molecular weight is 483 g/mol. The van der Waals surface area contributed by atoms with Crippen LogP contribution in [-0.4, -0.2) is 23.1 Å². The van der Waals surface area contributed by atoms with Gasteiger partial charge in [0.1, 0.15) is 6.29 Å². The van der Waals surface area contributed by atoms with E-state index in [2.05, 4.69) is 40.7 Å². The molecule has 0 amide bonds. The number of carboxylic acid groups (broad SMARTS) is 1. The third-order valence-electron chi connectivity index (χ3n) is 13.1. The molecule has 4 nitrogen and oxygen atoms in total. The smallest absolute Gasteiger partial charge is 0.303 e. The highest BCUT2D eigenvalue weighted by atomic mass is 16.4. The van der Waals surface area contributed by atoms with Gasteiger partial charge in [-0.25, -0.2) is 0 Å². The Hall–Kier alpha value is -1.45. The predicted molar refractivity (Wildman–Crippen MR) is 137 cm³/mol. The van der Waals surface area contributed by atoms with Crippen LogP contribution in [0, 0.1) is 56.7 Å². The molecule has 4 fully saturated rings. The highest BCUT2D eigenvalue weighted by Gasteiger charge is 2.70. The van der Waals surface area contributed by atoms with Crippen molar-refractivity contribution in [1.29, 1.82) is 0 Å². The summed E-state index contributed by atoms with van der Waals surface area (Å²) in [6, 6.07) is 0. The molecule has 0 saturated heterocycles. The van der Waals surface area contributed by atoms with E-state index < -0.39 is 11.4 Å². The van der Waals surface area contributed by atoms with Gasteiger partial charge in [0.25, 0.3) is 0 Å². The van der Waals surface area contributed by atoms with Crippen molar-refractivity contribution in [1.82, 2.24) is 0 Å². The molecule has 1 N–H and O–H groups in total. The van der Waals surface area contributed by atoms with Gasteiger partial charge in [0.15, 0.2) is 5.78 Å². The van der Waals surface area contributed by atoms with E-state index in [1.165, 1.54) is 31.3 Å². The van der Waals surface area contributed by atoms with E-state index in [1.807, 2.05) is 6.92 Å². The second kappa shape index (κ2) is 7.78. The molecule has 5 aliphatic carbocycles. The van der Waals surface area contributed by atoms with Gasteiger partial charge in [-0.3, -0.25) is 9.59 Å². The molecule has 0 aliphatic heterocycles. The second-order valence-electron chi connectivity index (χ2n) is 14.6. The summed E-state index contributed by atoms with van der Waals surface area (Å²) in [5, 5.41) is 9.55. The van der Waals surface area contributed by atoms with Crippen LogP contribution in [0.1, 0.15) is 106 Å². The number of fused-ring (bicyclic) bond motifs is 7. The van der Waals surface area contributed by atoms with Gasteiger partial charge in [-0.05, 0) is 96.4 Å². The van der Waals surface area contributed by atoms with E-state index in [4.69, 9.17) is 0 Å². The number of allylic oxidation sites excluding steroid dienone is 2. The minimum absolute atomic E-state index is 0.00479. The number of hydrogen-bond donors (Lipinski definition) is 1. The summed E-state index contributed by atoms with van der Waals surface area (Å²) in [6.45, 7) is 14.0. The number of carbonyl (C=O) groups excluding carboxylic acids is 2. The quantitative estimate of drug-likeness (QED) is 0.446. The van der Waals surface area contributed by atoms with Crippen LogP contribution >= 0.6 is 0 Å². The monoisotopic (exact) mass is 482 g/mol. The summed E-state index contributed by atoms with van der Waals surface area (Å²) in [5.41, 5.74) is 0.659. The molecular weight excluding hydrogens is 436 g/mol.